The van der Waals surface area contributed by atoms with Gasteiger partial charge in [-0.2, -0.15) is 0 Å². The molecule has 0 radical (unpaired) electrons. The summed E-state index contributed by atoms with van der Waals surface area (Å²) >= 11 is 1.64. The molecule has 94 valence electrons. The van der Waals surface area contributed by atoms with Crippen LogP contribution in [0.5, 0.6) is 0 Å². The topological polar surface area (TPSA) is 50.2 Å². The van der Waals surface area contributed by atoms with Crippen LogP contribution in [0.3, 0.4) is 0 Å². The van der Waals surface area contributed by atoms with Gasteiger partial charge in [0.2, 0.25) is 0 Å². The second-order valence-electron chi connectivity index (χ2n) is 4.25. The van der Waals surface area contributed by atoms with Crippen LogP contribution in [0, 0.1) is 0 Å². The van der Waals surface area contributed by atoms with Crippen molar-refractivity contribution in [2.45, 2.75) is 6.42 Å². The van der Waals surface area contributed by atoms with Crippen molar-refractivity contribution >= 4 is 27.5 Å². The Morgan fingerprint density at radius 2 is 1.84 bits per heavy atom. The highest BCUT2D eigenvalue weighted by atomic mass is 32.1. The van der Waals surface area contributed by atoms with Gasteiger partial charge in [-0.15, -0.1) is 11.3 Å². The molecule has 0 spiro atoms. The molecule has 4 heteroatoms. The molecule has 2 aromatic carbocycles. The fourth-order valence-electron chi connectivity index (χ4n) is 1.94. The van der Waals surface area contributed by atoms with Gasteiger partial charge in [0.1, 0.15) is 5.01 Å². The van der Waals surface area contributed by atoms with Crippen molar-refractivity contribution in [3.63, 3.8) is 0 Å². The zero-order valence-corrected chi connectivity index (χ0v) is 10.9. The molecule has 19 heavy (non-hydrogen) atoms. The second-order valence-corrected chi connectivity index (χ2v) is 5.28. The lowest BCUT2D eigenvalue weighted by molar-refractivity contribution is -0.136. The number of fused-ring (bicyclic) bond motifs is 1. The van der Waals surface area contributed by atoms with Gasteiger partial charge in [0.05, 0.1) is 16.6 Å². The molecule has 3 rings (SSSR count). The van der Waals surface area contributed by atoms with Crippen LogP contribution in [0.2, 0.25) is 0 Å². The largest absolute Gasteiger partial charge is 0.481 e. The number of hydrogen-bond donors (Lipinski definition) is 1. The van der Waals surface area contributed by atoms with Crippen LogP contribution < -0.4 is 0 Å². The molecule has 0 amide bonds. The molecule has 0 aliphatic rings. The van der Waals surface area contributed by atoms with Crippen molar-refractivity contribution in [3.05, 3.63) is 54.1 Å². The van der Waals surface area contributed by atoms with Gasteiger partial charge in [-0.1, -0.05) is 36.4 Å². The van der Waals surface area contributed by atoms with Gasteiger partial charge in [-0.05, 0) is 17.7 Å². The molecule has 3 nitrogen and oxygen atoms in total. The number of hydrogen-bond acceptors (Lipinski definition) is 3. The first-order valence-corrected chi connectivity index (χ1v) is 6.71. The highest BCUT2D eigenvalue weighted by Gasteiger charge is 2.06. The maximum absolute atomic E-state index is 10.6. The summed E-state index contributed by atoms with van der Waals surface area (Å²) in [4.78, 5) is 15.2. The number of carboxylic acids is 1. The van der Waals surface area contributed by atoms with Gasteiger partial charge >= 0.3 is 5.97 Å². The van der Waals surface area contributed by atoms with E-state index in [9.17, 15) is 4.79 Å². The summed E-state index contributed by atoms with van der Waals surface area (Å²) in [5.41, 5.74) is 2.82. The van der Waals surface area contributed by atoms with E-state index in [1.165, 1.54) is 0 Å². The first kappa shape index (κ1) is 11.9. The van der Waals surface area contributed by atoms with Gasteiger partial charge in [-0.25, -0.2) is 4.98 Å². The number of aromatic nitrogens is 1. The first-order chi connectivity index (χ1) is 9.22. The summed E-state index contributed by atoms with van der Waals surface area (Å²) in [6.45, 7) is 0. The van der Waals surface area contributed by atoms with E-state index in [1.54, 1.807) is 11.3 Å². The summed E-state index contributed by atoms with van der Waals surface area (Å²) in [6, 6.07) is 15.6. The minimum atomic E-state index is -0.812. The average molecular weight is 269 g/mol. The van der Waals surface area contributed by atoms with E-state index in [0.717, 1.165) is 26.4 Å². The fraction of sp³-hybridized carbons (Fsp3) is 0.0667. The monoisotopic (exact) mass is 269 g/mol. The van der Waals surface area contributed by atoms with Crippen molar-refractivity contribution < 1.29 is 9.90 Å². The Labute approximate surface area is 114 Å². The Hall–Kier alpha value is -2.20. The van der Waals surface area contributed by atoms with E-state index in [4.69, 9.17) is 5.11 Å². The predicted molar refractivity (Wildman–Crippen MR) is 76.4 cm³/mol. The Morgan fingerprint density at radius 3 is 2.53 bits per heavy atom. The second kappa shape index (κ2) is 4.82. The number of aliphatic carboxylic acids is 1. The lowest BCUT2D eigenvalue weighted by Gasteiger charge is -1.99. The van der Waals surface area contributed by atoms with Crippen molar-refractivity contribution in [1.82, 2.24) is 4.98 Å². The zero-order chi connectivity index (χ0) is 13.2. The van der Waals surface area contributed by atoms with E-state index < -0.39 is 5.97 Å². The Kier molecular flexibility index (Phi) is 3.01. The Bertz CT molecular complexity index is 698. The molecular formula is C15H11NO2S. The van der Waals surface area contributed by atoms with E-state index in [-0.39, 0.29) is 6.42 Å². The summed E-state index contributed by atoms with van der Waals surface area (Å²) < 4.78 is 1.16. The van der Waals surface area contributed by atoms with Crippen molar-refractivity contribution in [2.75, 3.05) is 0 Å². The highest BCUT2D eigenvalue weighted by molar-refractivity contribution is 7.21. The van der Waals surface area contributed by atoms with Gasteiger partial charge in [-0.3, -0.25) is 4.79 Å². The molecule has 0 aliphatic heterocycles. The van der Waals surface area contributed by atoms with Crippen molar-refractivity contribution in [1.29, 1.82) is 0 Å². The molecule has 1 heterocycles. The molecule has 0 fully saturated rings. The van der Waals surface area contributed by atoms with Gasteiger partial charge < -0.3 is 5.11 Å². The van der Waals surface area contributed by atoms with Gasteiger partial charge in [0.15, 0.2) is 0 Å². The molecule has 0 saturated heterocycles. The molecule has 0 atom stereocenters. The SMILES string of the molecule is O=C(O)Cc1ccc(-c2nc3ccccc3s2)cc1. The Morgan fingerprint density at radius 1 is 1.11 bits per heavy atom. The van der Waals surface area contributed by atoms with Gasteiger partial charge in [0, 0.05) is 5.56 Å². The zero-order valence-electron chi connectivity index (χ0n) is 10.0. The van der Waals surface area contributed by atoms with Crippen molar-refractivity contribution in [2.24, 2.45) is 0 Å². The third-order valence-electron chi connectivity index (χ3n) is 2.85. The smallest absolute Gasteiger partial charge is 0.307 e. The number of para-hydroxylation sites is 1. The summed E-state index contributed by atoms with van der Waals surface area (Å²) in [6.07, 6.45) is 0.0557. The summed E-state index contributed by atoms with van der Waals surface area (Å²) in [5, 5.41) is 9.70. The van der Waals surface area contributed by atoms with Crippen LogP contribution in [0.15, 0.2) is 48.5 Å². The number of rotatable bonds is 3. The van der Waals surface area contributed by atoms with Gasteiger partial charge in [0.25, 0.3) is 0 Å². The number of nitrogens with zero attached hydrogens (tertiary/aromatic N) is 1. The molecule has 0 saturated carbocycles. The molecule has 0 bridgehead atoms. The number of carbonyl (C=O) groups is 1. The fourth-order valence-corrected chi connectivity index (χ4v) is 2.91. The van der Waals surface area contributed by atoms with Crippen LogP contribution in [0.1, 0.15) is 5.56 Å². The number of carboxylic acid groups (broad SMARTS) is 1. The maximum Gasteiger partial charge on any atom is 0.307 e. The van der Waals surface area contributed by atoms with E-state index >= 15 is 0 Å². The highest BCUT2D eigenvalue weighted by Crippen LogP contribution is 2.29. The van der Waals surface area contributed by atoms with Crippen molar-refractivity contribution in [3.8, 4) is 10.6 Å². The van der Waals surface area contributed by atoms with Crippen LogP contribution >= 0.6 is 11.3 Å². The summed E-state index contributed by atoms with van der Waals surface area (Å²) in [5.74, 6) is -0.812. The number of benzene rings is 2. The minimum absolute atomic E-state index is 0.0557. The quantitative estimate of drug-likeness (QED) is 0.790. The molecular weight excluding hydrogens is 258 g/mol. The standard InChI is InChI=1S/C15H11NO2S/c17-14(18)9-10-5-7-11(8-6-10)15-16-12-3-1-2-4-13(12)19-15/h1-8H,9H2,(H,17,18). The molecule has 1 aromatic heterocycles. The number of thiazole rings is 1. The van der Waals surface area contributed by atoms with E-state index in [2.05, 4.69) is 11.1 Å². The van der Waals surface area contributed by atoms with Crippen LogP contribution in [-0.4, -0.2) is 16.1 Å². The van der Waals surface area contributed by atoms with E-state index in [0.29, 0.717) is 0 Å². The maximum atomic E-state index is 10.6. The summed E-state index contributed by atoms with van der Waals surface area (Å²) in [7, 11) is 0. The van der Waals surface area contributed by atoms with Crippen LogP contribution in [0.4, 0.5) is 0 Å². The van der Waals surface area contributed by atoms with E-state index in [1.807, 2.05) is 42.5 Å². The minimum Gasteiger partial charge on any atom is -0.481 e. The van der Waals surface area contributed by atoms with Crippen LogP contribution in [-0.2, 0) is 11.2 Å². The van der Waals surface area contributed by atoms with Crippen LogP contribution in [0.25, 0.3) is 20.8 Å². The normalized spacial score (nSPS) is 10.7. The molecule has 3 aromatic rings. The average Bonchev–Trinajstić information content (AvgIpc) is 2.82. The Balaban J connectivity index is 1.95. The third kappa shape index (κ3) is 2.48. The lowest BCUT2D eigenvalue weighted by atomic mass is 10.1. The lowest BCUT2D eigenvalue weighted by Crippen LogP contribution is -1.99. The third-order valence-corrected chi connectivity index (χ3v) is 3.94. The first-order valence-electron chi connectivity index (χ1n) is 5.89. The molecule has 0 aliphatic carbocycles. The molecule has 1 N–H and O–H groups in total. The molecule has 0 unspecified atom stereocenters. The predicted octanol–water partition coefficient (Wildman–Crippen LogP) is 3.59.